The summed E-state index contributed by atoms with van der Waals surface area (Å²) in [5.74, 6) is -1.35. The number of Topliss-reactive ketones (excluding diaryl/α,β-unsaturated/α-hetero) is 1. The van der Waals surface area contributed by atoms with E-state index in [1.54, 1.807) is 43.5 Å². The van der Waals surface area contributed by atoms with Crippen molar-refractivity contribution >= 4 is 40.1 Å². The quantitative estimate of drug-likeness (QED) is 0.252. The maximum absolute atomic E-state index is 13.6. The van der Waals surface area contributed by atoms with Gasteiger partial charge in [0, 0.05) is 17.7 Å². The van der Waals surface area contributed by atoms with Crippen LogP contribution in [-0.2, 0) is 9.59 Å². The number of rotatable bonds is 11. The van der Waals surface area contributed by atoms with E-state index in [4.69, 9.17) is 9.84 Å². The number of amides is 4. The number of anilines is 1. The number of aliphatic hydroxyl groups excluding tert-OH is 1. The van der Waals surface area contributed by atoms with Gasteiger partial charge in [0.25, 0.3) is 5.91 Å². The van der Waals surface area contributed by atoms with Gasteiger partial charge in [-0.2, -0.15) is 0 Å². The number of nitrogens with one attached hydrogen (secondary N) is 2. The minimum atomic E-state index is -1.18. The highest BCUT2D eigenvalue weighted by atomic mass is 32.1. The molecule has 1 aromatic heterocycles. The van der Waals surface area contributed by atoms with E-state index in [-0.39, 0.29) is 36.2 Å². The molecule has 0 aliphatic carbocycles. The Morgan fingerprint density at radius 3 is 2.53 bits per heavy atom. The normalized spacial score (nSPS) is 16.6. The van der Waals surface area contributed by atoms with Gasteiger partial charge in [-0.1, -0.05) is 56.3 Å². The van der Waals surface area contributed by atoms with E-state index in [0.29, 0.717) is 11.3 Å². The lowest BCUT2D eigenvalue weighted by molar-refractivity contribution is -0.134. The smallest absolute Gasteiger partial charge is 0.325 e. The summed E-state index contributed by atoms with van der Waals surface area (Å²) in [5.41, 5.74) is 1.54. The third-order valence-electron chi connectivity index (χ3n) is 6.23. The first-order valence-corrected chi connectivity index (χ1v) is 13.0. The molecule has 1 fully saturated rings. The molecular formula is C27H28N4O6S. The average molecular weight is 537 g/mol. The van der Waals surface area contributed by atoms with Gasteiger partial charge in [0.05, 0.1) is 6.61 Å². The summed E-state index contributed by atoms with van der Waals surface area (Å²) in [6.45, 7) is 3.50. The fraction of sp³-hybridized carbons (Fsp3) is 0.296. The Morgan fingerprint density at radius 1 is 1.16 bits per heavy atom. The number of aromatic nitrogens is 1. The average Bonchev–Trinajstić information content (AvgIpc) is 3.52. The highest BCUT2D eigenvalue weighted by molar-refractivity contribution is 7.14. The molecule has 1 aliphatic heterocycles. The van der Waals surface area contributed by atoms with E-state index >= 15 is 0 Å². The summed E-state index contributed by atoms with van der Waals surface area (Å²) in [6, 6.07) is 12.8. The molecule has 0 bridgehead atoms. The second-order valence-corrected chi connectivity index (χ2v) is 9.54. The van der Waals surface area contributed by atoms with Crippen LogP contribution in [0.25, 0.3) is 0 Å². The predicted octanol–water partition coefficient (Wildman–Crippen LogP) is 3.51. The number of carbonyl (C=O) groups is 4. The Kier molecular flexibility index (Phi) is 8.49. The number of hydrogen-bond acceptors (Lipinski definition) is 8. The van der Waals surface area contributed by atoms with Gasteiger partial charge in [-0.05, 0) is 23.3 Å². The second kappa shape index (κ2) is 12.0. The van der Waals surface area contributed by atoms with Crippen LogP contribution in [0.3, 0.4) is 0 Å². The van der Waals surface area contributed by atoms with Crippen LogP contribution in [0.2, 0.25) is 0 Å². The summed E-state index contributed by atoms with van der Waals surface area (Å²) >= 11 is 1.10. The van der Waals surface area contributed by atoms with Crippen molar-refractivity contribution in [1.82, 2.24) is 15.2 Å². The maximum Gasteiger partial charge on any atom is 0.325 e. The van der Waals surface area contributed by atoms with Crippen molar-refractivity contribution in [2.45, 2.75) is 38.3 Å². The van der Waals surface area contributed by atoms with Gasteiger partial charge >= 0.3 is 6.03 Å². The number of ketones is 1. The Balaban J connectivity index is 1.62. The number of aliphatic hydroxyl groups is 1. The zero-order valence-electron chi connectivity index (χ0n) is 20.9. The minimum Gasteiger partial charge on any atom is -0.491 e. The van der Waals surface area contributed by atoms with Gasteiger partial charge in [-0.25, -0.2) is 14.7 Å². The Labute approximate surface area is 223 Å². The lowest BCUT2D eigenvalue weighted by Crippen LogP contribution is -2.50. The van der Waals surface area contributed by atoms with Gasteiger partial charge in [-0.3, -0.25) is 14.4 Å². The fourth-order valence-corrected chi connectivity index (χ4v) is 4.95. The lowest BCUT2D eigenvalue weighted by Gasteiger charge is -2.29. The van der Waals surface area contributed by atoms with E-state index in [1.165, 1.54) is 0 Å². The minimum absolute atomic E-state index is 0.131. The molecule has 0 saturated carbocycles. The third-order valence-corrected chi connectivity index (χ3v) is 6.99. The van der Waals surface area contributed by atoms with Crippen molar-refractivity contribution in [2.75, 3.05) is 18.5 Å². The number of imide groups is 1. The van der Waals surface area contributed by atoms with Gasteiger partial charge < -0.3 is 20.5 Å². The molecule has 0 spiro atoms. The molecule has 3 N–H and O–H groups in total. The van der Waals surface area contributed by atoms with Crippen molar-refractivity contribution in [3.05, 3.63) is 76.8 Å². The maximum atomic E-state index is 13.6. The van der Waals surface area contributed by atoms with E-state index in [9.17, 15) is 19.2 Å². The number of thiazole rings is 1. The molecule has 3 aromatic rings. The summed E-state index contributed by atoms with van der Waals surface area (Å²) in [5, 5.41) is 16.1. The molecule has 2 aromatic carbocycles. The SMILES string of the molecule is CCC(=O)c1csc(NC(=O)[C@H]([C@@H](C)c2ccccc2)N2C(=O)N[C@H](c3ccc(OCCO)cc3)C2=O)n1. The first-order valence-electron chi connectivity index (χ1n) is 12.2. The zero-order valence-corrected chi connectivity index (χ0v) is 21.7. The molecule has 1 saturated heterocycles. The standard InChI is InChI=1S/C27H28N4O6S/c1-3-21(33)20-15-38-26(28-20)30-24(34)23(16(2)17-7-5-4-6-8-17)31-25(35)22(29-27(31)36)18-9-11-19(12-10-18)37-14-13-32/h4-12,15-16,22-23,32H,3,13-14H2,1-2H3,(H,29,36)(H,28,30,34)/t16-,22+,23-/m0/s1. The molecule has 1 aliphatic rings. The molecule has 38 heavy (non-hydrogen) atoms. The van der Waals surface area contributed by atoms with Crippen molar-refractivity contribution in [1.29, 1.82) is 0 Å². The highest BCUT2D eigenvalue weighted by Crippen LogP contribution is 2.32. The first-order chi connectivity index (χ1) is 18.3. The summed E-state index contributed by atoms with van der Waals surface area (Å²) in [6.07, 6.45) is 0.281. The molecule has 4 rings (SSSR count). The topological polar surface area (TPSA) is 138 Å². The highest BCUT2D eigenvalue weighted by Gasteiger charge is 2.47. The third kappa shape index (κ3) is 5.74. The van der Waals surface area contributed by atoms with Gasteiger partial charge in [-0.15, -0.1) is 11.3 Å². The second-order valence-electron chi connectivity index (χ2n) is 8.68. The molecule has 10 nitrogen and oxygen atoms in total. The van der Waals surface area contributed by atoms with Crippen LogP contribution in [0.15, 0.2) is 60.0 Å². The molecule has 0 radical (unpaired) electrons. The summed E-state index contributed by atoms with van der Waals surface area (Å²) in [4.78, 5) is 57.5. The molecule has 4 amide bonds. The van der Waals surface area contributed by atoms with E-state index in [0.717, 1.165) is 21.8 Å². The lowest BCUT2D eigenvalue weighted by atomic mass is 9.91. The molecule has 0 unspecified atom stereocenters. The molecule has 198 valence electrons. The first kappa shape index (κ1) is 27.0. The monoisotopic (exact) mass is 536 g/mol. The van der Waals surface area contributed by atoms with Crippen molar-refractivity contribution < 1.29 is 29.0 Å². The number of carbonyl (C=O) groups excluding carboxylic acids is 4. The largest absolute Gasteiger partial charge is 0.491 e. The zero-order chi connectivity index (χ0) is 27.2. The Morgan fingerprint density at radius 2 is 1.87 bits per heavy atom. The summed E-state index contributed by atoms with van der Waals surface area (Å²) in [7, 11) is 0. The molecule has 3 atom stereocenters. The molecular weight excluding hydrogens is 508 g/mol. The van der Waals surface area contributed by atoms with Gasteiger partial charge in [0.1, 0.15) is 30.1 Å². The van der Waals surface area contributed by atoms with Crippen LogP contribution in [0.5, 0.6) is 5.75 Å². The summed E-state index contributed by atoms with van der Waals surface area (Å²) < 4.78 is 5.36. The van der Waals surface area contributed by atoms with Gasteiger partial charge in [0.2, 0.25) is 5.91 Å². The van der Waals surface area contributed by atoms with Crippen LogP contribution < -0.4 is 15.4 Å². The number of hydrogen-bond donors (Lipinski definition) is 3. The van der Waals surface area contributed by atoms with Crippen molar-refractivity contribution in [3.63, 3.8) is 0 Å². The van der Waals surface area contributed by atoms with Crippen LogP contribution in [0, 0.1) is 0 Å². The Bertz CT molecular complexity index is 1310. The Hall–Kier alpha value is -4.09. The van der Waals surface area contributed by atoms with Crippen LogP contribution >= 0.6 is 11.3 Å². The van der Waals surface area contributed by atoms with Crippen molar-refractivity contribution in [2.24, 2.45) is 0 Å². The van der Waals surface area contributed by atoms with Crippen LogP contribution in [0.4, 0.5) is 9.93 Å². The number of urea groups is 1. The van der Waals surface area contributed by atoms with Crippen molar-refractivity contribution in [3.8, 4) is 5.75 Å². The molecule has 2 heterocycles. The van der Waals surface area contributed by atoms with Gasteiger partial charge in [0.15, 0.2) is 10.9 Å². The van der Waals surface area contributed by atoms with Crippen LogP contribution in [0.1, 0.15) is 53.8 Å². The predicted molar refractivity (Wildman–Crippen MR) is 141 cm³/mol. The van der Waals surface area contributed by atoms with E-state index < -0.39 is 35.8 Å². The fourth-order valence-electron chi connectivity index (χ4n) is 4.23. The number of benzene rings is 2. The van der Waals surface area contributed by atoms with Crippen LogP contribution in [-0.4, -0.2) is 57.9 Å². The number of nitrogens with zero attached hydrogens (tertiary/aromatic N) is 2. The number of ether oxygens (including phenoxy) is 1. The molecule has 11 heteroatoms. The van der Waals surface area contributed by atoms with E-state index in [1.807, 2.05) is 30.3 Å². The van der Waals surface area contributed by atoms with E-state index in [2.05, 4.69) is 15.6 Å².